The molecular weight excluding hydrogens is 475 g/mol. The zero-order valence-corrected chi connectivity index (χ0v) is 20.6. The van der Waals surface area contributed by atoms with E-state index in [2.05, 4.69) is 5.16 Å². The third-order valence-electron chi connectivity index (χ3n) is 4.73. The average molecular weight is 506 g/mol. The number of halogens is 3. The molecule has 2 N–H and O–H groups in total. The predicted molar refractivity (Wildman–Crippen MR) is 119 cm³/mol. The number of benzene rings is 1. The van der Waals surface area contributed by atoms with E-state index in [1.54, 1.807) is 39.5 Å². The second kappa shape index (κ2) is 11.3. The average Bonchev–Trinajstić information content (AvgIpc) is 3.31. The Balaban J connectivity index is 0.000000340. The Morgan fingerprint density at radius 1 is 1.24 bits per heavy atom. The molecule has 1 aromatic carbocycles. The van der Waals surface area contributed by atoms with Gasteiger partial charge >= 0.3 is 12.3 Å². The number of aryl methyl sites for hydroxylation is 2. The number of hydrogen-bond acceptors (Lipinski definition) is 6. The molecule has 0 bridgehead atoms. The number of alkyl halides is 3. The third-order valence-corrected chi connectivity index (χ3v) is 5.72. The summed E-state index contributed by atoms with van der Waals surface area (Å²) in [4.78, 5) is 14.0. The van der Waals surface area contributed by atoms with Crippen LogP contribution in [0.4, 0.5) is 18.0 Å². The first-order chi connectivity index (χ1) is 15.7. The van der Waals surface area contributed by atoms with Crippen LogP contribution >= 0.6 is 0 Å². The molecule has 1 saturated heterocycles. The molecule has 8 nitrogen and oxygen atoms in total. The number of amides is 1. The number of aromatic nitrogens is 1. The van der Waals surface area contributed by atoms with Crippen molar-refractivity contribution in [2.45, 2.75) is 70.4 Å². The number of carbonyl (C=O) groups is 1. The standard InChI is InChI=1S/C17H22F3NO3.C5H8N2O2S/c1-16(2,3)24-15(22)21-9-8-14(10-21)23-11-12-4-6-13(7-5-12)17(18,19)20;1-3-5(10(6)8)4(2)9-7-3/h4-7,14H,8-11H2,1-3H3;6H2,1-2H3. The predicted octanol–water partition coefficient (Wildman–Crippen LogP) is 4.50. The minimum Gasteiger partial charge on any atom is -0.444 e. The van der Waals surface area contributed by atoms with E-state index in [4.69, 9.17) is 19.1 Å². The molecule has 3 rings (SSSR count). The molecule has 0 aliphatic carbocycles. The van der Waals surface area contributed by atoms with Crippen molar-refractivity contribution in [3.05, 3.63) is 46.8 Å². The number of ether oxygens (including phenoxy) is 2. The molecule has 1 amide bonds. The Labute approximate surface area is 199 Å². The molecule has 1 aliphatic heterocycles. The van der Waals surface area contributed by atoms with Crippen molar-refractivity contribution in [2.24, 2.45) is 5.14 Å². The van der Waals surface area contributed by atoms with Crippen molar-refractivity contribution < 1.29 is 36.2 Å². The van der Waals surface area contributed by atoms with E-state index in [-0.39, 0.29) is 18.8 Å². The summed E-state index contributed by atoms with van der Waals surface area (Å²) in [6.45, 7) is 9.99. The van der Waals surface area contributed by atoms with Crippen molar-refractivity contribution in [1.29, 1.82) is 0 Å². The molecule has 0 spiro atoms. The Morgan fingerprint density at radius 2 is 1.85 bits per heavy atom. The molecule has 2 atom stereocenters. The lowest BCUT2D eigenvalue weighted by Crippen LogP contribution is -2.36. The molecule has 1 aromatic heterocycles. The van der Waals surface area contributed by atoms with Gasteiger partial charge < -0.3 is 18.9 Å². The fourth-order valence-electron chi connectivity index (χ4n) is 3.12. The quantitative estimate of drug-likeness (QED) is 0.655. The summed E-state index contributed by atoms with van der Waals surface area (Å²) in [6, 6.07) is 4.90. The van der Waals surface area contributed by atoms with E-state index < -0.39 is 28.3 Å². The van der Waals surface area contributed by atoms with E-state index >= 15 is 0 Å². The monoisotopic (exact) mass is 505 g/mol. The summed E-state index contributed by atoms with van der Waals surface area (Å²) in [7, 11) is -1.48. The molecular formula is C22H30F3N3O5S. The van der Waals surface area contributed by atoms with Gasteiger partial charge in [0.1, 0.15) is 21.5 Å². The van der Waals surface area contributed by atoms with E-state index in [0.29, 0.717) is 41.4 Å². The van der Waals surface area contributed by atoms with E-state index in [9.17, 15) is 22.2 Å². The highest BCUT2D eigenvalue weighted by Crippen LogP contribution is 2.29. The van der Waals surface area contributed by atoms with Crippen LogP contribution < -0.4 is 5.14 Å². The highest BCUT2D eigenvalue weighted by atomic mass is 32.2. The van der Waals surface area contributed by atoms with Crippen molar-refractivity contribution in [3.63, 3.8) is 0 Å². The molecule has 1 aliphatic rings. The number of likely N-dealkylation sites (tertiary alicyclic amines) is 1. The summed E-state index contributed by atoms with van der Waals surface area (Å²) in [5.41, 5.74) is 0.0382. The van der Waals surface area contributed by atoms with Gasteiger partial charge in [-0.15, -0.1) is 0 Å². The maximum Gasteiger partial charge on any atom is 0.416 e. The molecule has 0 saturated carbocycles. The smallest absolute Gasteiger partial charge is 0.416 e. The van der Waals surface area contributed by atoms with Crippen LogP contribution in [0, 0.1) is 13.8 Å². The normalized spacial score (nSPS) is 17.2. The minimum absolute atomic E-state index is 0.139. The van der Waals surface area contributed by atoms with E-state index in [1.807, 2.05) is 0 Å². The van der Waals surface area contributed by atoms with Gasteiger partial charge in [0.25, 0.3) is 0 Å². The van der Waals surface area contributed by atoms with Crippen molar-refractivity contribution >= 4 is 17.1 Å². The Bertz CT molecular complexity index is 968. The summed E-state index contributed by atoms with van der Waals surface area (Å²) >= 11 is 0. The second-order valence-corrected chi connectivity index (χ2v) is 9.80. The van der Waals surface area contributed by atoms with Crippen LogP contribution in [0.2, 0.25) is 0 Å². The van der Waals surface area contributed by atoms with E-state index in [1.165, 1.54) is 12.1 Å². The van der Waals surface area contributed by atoms with Crippen LogP contribution in [0.5, 0.6) is 0 Å². The number of carbonyl (C=O) groups excluding carboxylic acids is 1. The van der Waals surface area contributed by atoms with Crippen LogP contribution in [0.1, 0.15) is 49.8 Å². The third kappa shape index (κ3) is 8.41. The van der Waals surface area contributed by atoms with Crippen molar-refractivity contribution in [3.8, 4) is 0 Å². The van der Waals surface area contributed by atoms with Crippen LogP contribution in [0.3, 0.4) is 0 Å². The summed E-state index contributed by atoms with van der Waals surface area (Å²) in [5.74, 6) is 0.526. The first kappa shape index (κ1) is 27.8. The zero-order valence-electron chi connectivity index (χ0n) is 19.8. The fourth-order valence-corrected chi connectivity index (χ4v) is 3.77. The first-order valence-corrected chi connectivity index (χ1v) is 11.7. The van der Waals surface area contributed by atoms with Crippen LogP contribution in [-0.2, 0) is 33.2 Å². The Hall–Kier alpha value is -2.44. The minimum atomic E-state index is -4.33. The Kier molecular flexibility index (Phi) is 9.26. The second-order valence-electron chi connectivity index (χ2n) is 8.79. The highest BCUT2D eigenvalue weighted by molar-refractivity contribution is 7.82. The van der Waals surface area contributed by atoms with Gasteiger partial charge in [0, 0.05) is 6.54 Å². The first-order valence-electron chi connectivity index (χ1n) is 10.5. The van der Waals surface area contributed by atoms with Crippen LogP contribution in [-0.4, -0.2) is 45.2 Å². The van der Waals surface area contributed by atoms with Gasteiger partial charge in [0.2, 0.25) is 0 Å². The lowest BCUT2D eigenvalue weighted by molar-refractivity contribution is -0.137. The maximum absolute atomic E-state index is 12.5. The number of nitrogens with zero attached hydrogens (tertiary/aromatic N) is 2. The zero-order chi connectivity index (χ0) is 25.7. The lowest BCUT2D eigenvalue weighted by atomic mass is 10.1. The number of rotatable bonds is 4. The van der Waals surface area contributed by atoms with Gasteiger partial charge in [-0.3, -0.25) is 0 Å². The van der Waals surface area contributed by atoms with Crippen molar-refractivity contribution in [1.82, 2.24) is 10.1 Å². The Morgan fingerprint density at radius 3 is 2.29 bits per heavy atom. The maximum atomic E-state index is 12.5. The van der Waals surface area contributed by atoms with Gasteiger partial charge in [0.15, 0.2) is 5.76 Å². The molecule has 2 aromatic rings. The molecule has 2 unspecified atom stereocenters. The molecule has 34 heavy (non-hydrogen) atoms. The van der Waals surface area contributed by atoms with Crippen LogP contribution in [0.25, 0.3) is 0 Å². The topological polar surface area (TPSA) is 108 Å². The van der Waals surface area contributed by atoms with Gasteiger partial charge in [-0.05, 0) is 58.7 Å². The van der Waals surface area contributed by atoms with Gasteiger partial charge in [-0.1, -0.05) is 17.3 Å². The fraction of sp³-hybridized carbons (Fsp3) is 0.545. The molecule has 0 radical (unpaired) electrons. The SMILES string of the molecule is CC(C)(C)OC(=O)N1CCC(OCc2ccc(C(F)(F)F)cc2)C1.Cc1noc(C)c1S(N)=O. The van der Waals surface area contributed by atoms with Gasteiger partial charge in [0.05, 0.1) is 30.5 Å². The largest absolute Gasteiger partial charge is 0.444 e. The summed E-state index contributed by atoms with van der Waals surface area (Å²) in [5, 5.41) is 8.72. The van der Waals surface area contributed by atoms with E-state index in [0.717, 1.165) is 12.1 Å². The number of hydrogen-bond donors (Lipinski definition) is 1. The molecule has 2 heterocycles. The molecule has 190 valence electrons. The lowest BCUT2D eigenvalue weighted by Gasteiger charge is -2.24. The van der Waals surface area contributed by atoms with Crippen molar-refractivity contribution in [2.75, 3.05) is 13.1 Å². The molecule has 1 fully saturated rings. The number of nitrogens with two attached hydrogens (primary N) is 1. The van der Waals surface area contributed by atoms with Gasteiger partial charge in [-0.2, -0.15) is 13.2 Å². The summed E-state index contributed by atoms with van der Waals surface area (Å²) < 4.78 is 64.0. The van der Waals surface area contributed by atoms with Crippen LogP contribution in [0.15, 0.2) is 33.7 Å². The van der Waals surface area contributed by atoms with Gasteiger partial charge in [-0.25, -0.2) is 14.1 Å². The highest BCUT2D eigenvalue weighted by Gasteiger charge is 2.31. The molecule has 12 heteroatoms. The summed E-state index contributed by atoms with van der Waals surface area (Å²) in [6.07, 6.45) is -4.17.